The number of carboxylic acids is 1. The van der Waals surface area contributed by atoms with Gasteiger partial charge in [0.15, 0.2) is 11.5 Å². The lowest BCUT2D eigenvalue weighted by molar-refractivity contribution is -0.144. The van der Waals surface area contributed by atoms with E-state index in [1.165, 1.54) is 0 Å². The standard InChI is InChI=1S/C17H22N2O5.ClH/c1-11(19-6-2-3-12(10-19)17(21)22)16(20)18-13-4-5-14-15(9-13)24-8-7-23-14;/h4-5,9,11-12H,2-3,6-8,10H2,1H3,(H,18,20)(H,21,22);1H. The SMILES string of the molecule is CC(C(=O)Nc1ccc2c(c1)OCCO2)N1CCCC(C(=O)O)C1.Cl. The summed E-state index contributed by atoms with van der Waals surface area (Å²) in [6, 6.07) is 4.90. The summed E-state index contributed by atoms with van der Waals surface area (Å²) < 4.78 is 11.0. The van der Waals surface area contributed by atoms with Gasteiger partial charge in [-0.05, 0) is 38.4 Å². The minimum Gasteiger partial charge on any atom is -0.486 e. The lowest BCUT2D eigenvalue weighted by Crippen LogP contribution is -2.48. The molecule has 1 amide bonds. The first-order valence-corrected chi connectivity index (χ1v) is 8.22. The number of rotatable bonds is 4. The number of carbonyl (C=O) groups excluding carboxylic acids is 1. The smallest absolute Gasteiger partial charge is 0.307 e. The zero-order valence-corrected chi connectivity index (χ0v) is 14.9. The second-order valence-electron chi connectivity index (χ2n) is 6.20. The molecule has 25 heavy (non-hydrogen) atoms. The van der Waals surface area contributed by atoms with Gasteiger partial charge in [-0.25, -0.2) is 0 Å². The summed E-state index contributed by atoms with van der Waals surface area (Å²) in [5.74, 6) is -0.0524. The van der Waals surface area contributed by atoms with Crippen molar-refractivity contribution in [2.75, 3.05) is 31.6 Å². The van der Waals surface area contributed by atoms with Gasteiger partial charge in [0.05, 0.1) is 12.0 Å². The minimum absolute atomic E-state index is 0. The van der Waals surface area contributed by atoms with E-state index in [1.807, 2.05) is 4.90 Å². The molecule has 2 unspecified atom stereocenters. The minimum atomic E-state index is -0.792. The number of amides is 1. The monoisotopic (exact) mass is 370 g/mol. The molecule has 0 saturated carbocycles. The first-order chi connectivity index (χ1) is 11.5. The molecule has 2 N–H and O–H groups in total. The number of nitrogens with zero attached hydrogens (tertiary/aromatic N) is 1. The van der Waals surface area contributed by atoms with Crippen molar-refractivity contribution in [3.8, 4) is 11.5 Å². The fourth-order valence-corrected chi connectivity index (χ4v) is 3.09. The molecular formula is C17H23ClN2O5. The fourth-order valence-electron chi connectivity index (χ4n) is 3.09. The maximum Gasteiger partial charge on any atom is 0.307 e. The van der Waals surface area contributed by atoms with Crippen molar-refractivity contribution >= 4 is 30.0 Å². The maximum absolute atomic E-state index is 12.5. The van der Waals surface area contributed by atoms with Gasteiger partial charge in [0.2, 0.25) is 5.91 Å². The number of carboxylic acid groups (broad SMARTS) is 1. The van der Waals surface area contributed by atoms with Gasteiger partial charge in [0, 0.05) is 18.3 Å². The average molecular weight is 371 g/mol. The van der Waals surface area contributed by atoms with E-state index in [4.69, 9.17) is 9.47 Å². The Hall–Kier alpha value is -1.99. The molecule has 1 aromatic rings. The van der Waals surface area contributed by atoms with E-state index >= 15 is 0 Å². The van der Waals surface area contributed by atoms with Crippen LogP contribution in [0.15, 0.2) is 18.2 Å². The van der Waals surface area contributed by atoms with Crippen LogP contribution in [-0.2, 0) is 9.59 Å². The van der Waals surface area contributed by atoms with Crippen LogP contribution in [-0.4, -0.2) is 54.2 Å². The molecule has 138 valence electrons. The number of fused-ring (bicyclic) bond motifs is 1. The van der Waals surface area contributed by atoms with Gasteiger partial charge in [-0.15, -0.1) is 12.4 Å². The normalized spacial score (nSPS) is 20.9. The zero-order valence-electron chi connectivity index (χ0n) is 14.1. The Morgan fingerprint density at radius 2 is 2.00 bits per heavy atom. The van der Waals surface area contributed by atoms with Crippen LogP contribution in [0.3, 0.4) is 0 Å². The van der Waals surface area contributed by atoms with Crippen molar-refractivity contribution in [1.29, 1.82) is 0 Å². The molecule has 8 heteroatoms. The summed E-state index contributed by atoms with van der Waals surface area (Å²) in [6.45, 7) is 3.96. The number of nitrogens with one attached hydrogen (secondary N) is 1. The molecule has 0 aliphatic carbocycles. The summed E-state index contributed by atoms with van der Waals surface area (Å²) >= 11 is 0. The number of halogens is 1. The molecule has 0 aromatic heterocycles. The Morgan fingerprint density at radius 1 is 1.28 bits per heavy atom. The second kappa shape index (κ2) is 8.40. The lowest BCUT2D eigenvalue weighted by atomic mass is 9.97. The Kier molecular flexibility index (Phi) is 6.50. The molecule has 2 atom stereocenters. The molecule has 0 spiro atoms. The highest BCUT2D eigenvalue weighted by atomic mass is 35.5. The van der Waals surface area contributed by atoms with Crippen LogP contribution in [0.2, 0.25) is 0 Å². The lowest BCUT2D eigenvalue weighted by Gasteiger charge is -2.34. The molecule has 2 aliphatic rings. The summed E-state index contributed by atoms with van der Waals surface area (Å²) in [7, 11) is 0. The van der Waals surface area contributed by atoms with Gasteiger partial charge in [-0.1, -0.05) is 0 Å². The quantitative estimate of drug-likeness (QED) is 0.842. The number of likely N-dealkylation sites (tertiary alicyclic amines) is 1. The van der Waals surface area contributed by atoms with Gasteiger partial charge < -0.3 is 19.9 Å². The van der Waals surface area contributed by atoms with Crippen LogP contribution in [0.1, 0.15) is 19.8 Å². The highest BCUT2D eigenvalue weighted by Crippen LogP contribution is 2.32. The number of ether oxygens (including phenoxy) is 2. The van der Waals surface area contributed by atoms with E-state index < -0.39 is 11.9 Å². The van der Waals surface area contributed by atoms with E-state index in [2.05, 4.69) is 5.32 Å². The molecule has 2 aliphatic heterocycles. The van der Waals surface area contributed by atoms with E-state index in [1.54, 1.807) is 25.1 Å². The van der Waals surface area contributed by atoms with Crippen LogP contribution < -0.4 is 14.8 Å². The first kappa shape index (κ1) is 19.3. The molecule has 2 heterocycles. The van der Waals surface area contributed by atoms with Crippen LogP contribution in [0.4, 0.5) is 5.69 Å². The maximum atomic E-state index is 12.5. The highest BCUT2D eigenvalue weighted by molar-refractivity contribution is 5.95. The molecule has 0 radical (unpaired) electrons. The molecular weight excluding hydrogens is 348 g/mol. The summed E-state index contributed by atoms with van der Waals surface area (Å²) in [4.78, 5) is 25.6. The van der Waals surface area contributed by atoms with Crippen LogP contribution in [0.5, 0.6) is 11.5 Å². The molecule has 7 nitrogen and oxygen atoms in total. The van der Waals surface area contributed by atoms with E-state index in [0.717, 1.165) is 13.0 Å². The molecule has 3 rings (SSSR count). The fraction of sp³-hybridized carbons (Fsp3) is 0.529. The van der Waals surface area contributed by atoms with Crippen LogP contribution in [0, 0.1) is 5.92 Å². The number of hydrogen-bond donors (Lipinski definition) is 2. The van der Waals surface area contributed by atoms with Crippen molar-refractivity contribution in [1.82, 2.24) is 4.90 Å². The highest BCUT2D eigenvalue weighted by Gasteiger charge is 2.30. The predicted octanol–water partition coefficient (Wildman–Crippen LogP) is 2.00. The first-order valence-electron chi connectivity index (χ1n) is 8.22. The Balaban J connectivity index is 0.00000225. The summed E-state index contributed by atoms with van der Waals surface area (Å²) in [6.07, 6.45) is 1.46. The number of carbonyl (C=O) groups is 2. The van der Waals surface area contributed by atoms with E-state index in [0.29, 0.717) is 43.4 Å². The number of benzene rings is 1. The van der Waals surface area contributed by atoms with Gasteiger partial charge in [0.1, 0.15) is 13.2 Å². The third-order valence-electron chi connectivity index (χ3n) is 4.54. The van der Waals surface area contributed by atoms with Crippen molar-refractivity contribution in [3.63, 3.8) is 0 Å². The van der Waals surface area contributed by atoms with E-state index in [9.17, 15) is 14.7 Å². The predicted molar refractivity (Wildman–Crippen MR) is 94.7 cm³/mol. The number of anilines is 1. The van der Waals surface area contributed by atoms with Crippen molar-refractivity contribution in [2.45, 2.75) is 25.8 Å². The Labute approximate surface area is 152 Å². The summed E-state index contributed by atoms with van der Waals surface area (Å²) in [5.41, 5.74) is 0.642. The van der Waals surface area contributed by atoms with Crippen LogP contribution in [0.25, 0.3) is 0 Å². The molecule has 1 aromatic carbocycles. The molecule has 1 fully saturated rings. The van der Waals surface area contributed by atoms with Gasteiger partial charge in [0.25, 0.3) is 0 Å². The molecule has 1 saturated heterocycles. The number of aliphatic carboxylic acids is 1. The van der Waals surface area contributed by atoms with Crippen molar-refractivity contribution < 1.29 is 24.2 Å². The third kappa shape index (κ3) is 4.55. The van der Waals surface area contributed by atoms with E-state index in [-0.39, 0.29) is 24.4 Å². The van der Waals surface area contributed by atoms with Crippen LogP contribution >= 0.6 is 12.4 Å². The topological polar surface area (TPSA) is 88.1 Å². The third-order valence-corrected chi connectivity index (χ3v) is 4.54. The Bertz CT molecular complexity index is 639. The summed E-state index contributed by atoms with van der Waals surface area (Å²) in [5, 5.41) is 12.0. The average Bonchev–Trinajstić information content (AvgIpc) is 2.61. The van der Waals surface area contributed by atoms with Gasteiger partial charge in [-0.2, -0.15) is 0 Å². The van der Waals surface area contributed by atoms with Crippen molar-refractivity contribution in [2.24, 2.45) is 5.92 Å². The second-order valence-corrected chi connectivity index (χ2v) is 6.20. The zero-order chi connectivity index (χ0) is 17.1. The van der Waals surface area contributed by atoms with Gasteiger partial charge >= 0.3 is 5.97 Å². The molecule has 0 bridgehead atoms. The van der Waals surface area contributed by atoms with Gasteiger partial charge in [-0.3, -0.25) is 14.5 Å². The number of hydrogen-bond acceptors (Lipinski definition) is 5. The van der Waals surface area contributed by atoms with Crippen molar-refractivity contribution in [3.05, 3.63) is 18.2 Å². The largest absolute Gasteiger partial charge is 0.486 e. The number of piperidine rings is 1. The Morgan fingerprint density at radius 3 is 2.72 bits per heavy atom.